The van der Waals surface area contributed by atoms with Gasteiger partial charge < -0.3 is 10.4 Å². The number of carboxylic acid groups (broad SMARTS) is 1. The second-order valence-corrected chi connectivity index (χ2v) is 8.19. The van der Waals surface area contributed by atoms with E-state index in [1.807, 2.05) is 42.5 Å². The normalized spacial score (nSPS) is 12.6. The molecule has 2 heterocycles. The summed E-state index contributed by atoms with van der Waals surface area (Å²) in [6.07, 6.45) is 8.64. The van der Waals surface area contributed by atoms with E-state index in [4.69, 9.17) is 9.97 Å². The molecular weight excluding hydrogens is 450 g/mol. The zero-order chi connectivity index (χ0) is 25.5. The number of anilines is 1. The number of hydrogen-bond acceptors (Lipinski definition) is 6. The van der Waals surface area contributed by atoms with Crippen LogP contribution in [0.3, 0.4) is 0 Å². The smallest absolute Gasteiger partial charge is 0.310 e. The van der Waals surface area contributed by atoms with Crippen LogP contribution in [0, 0.1) is 0 Å². The topological polar surface area (TPSA) is 100 Å². The summed E-state index contributed by atoms with van der Waals surface area (Å²) in [5.41, 5.74) is 4.89. The number of nitrogens with zero attached hydrogens (tertiary/aromatic N) is 4. The van der Waals surface area contributed by atoms with Gasteiger partial charge in [0.2, 0.25) is 0 Å². The van der Waals surface area contributed by atoms with Crippen LogP contribution < -0.4 is 5.32 Å². The quantitative estimate of drug-likeness (QED) is 0.234. The standard InChI is InChI=1S/C29H27N5O2/c1-4-5-12-23(30-3)18-32-28-26-24(20-10-7-6-8-11-20)13-9-14-25(26)33-27(34-28)22-15-21(16-31-17-22)19(2)29(35)36/h4-17,19H,1,18H2,2-3H3,(H,35,36)(H,32,33,34)/b12-5-,30-23+. The van der Waals surface area contributed by atoms with E-state index >= 15 is 0 Å². The zero-order valence-electron chi connectivity index (χ0n) is 20.2. The molecule has 0 bridgehead atoms. The van der Waals surface area contributed by atoms with E-state index in [1.54, 1.807) is 38.5 Å². The van der Waals surface area contributed by atoms with Crippen LogP contribution in [-0.2, 0) is 4.79 Å². The first-order chi connectivity index (χ1) is 17.5. The van der Waals surface area contributed by atoms with E-state index in [-0.39, 0.29) is 0 Å². The van der Waals surface area contributed by atoms with Gasteiger partial charge in [0.15, 0.2) is 5.82 Å². The van der Waals surface area contributed by atoms with E-state index in [2.05, 4.69) is 40.1 Å². The van der Waals surface area contributed by atoms with Gasteiger partial charge in [-0.2, -0.15) is 0 Å². The maximum Gasteiger partial charge on any atom is 0.310 e. The molecule has 1 atom stereocenters. The maximum atomic E-state index is 11.5. The molecule has 0 fully saturated rings. The molecule has 0 radical (unpaired) electrons. The molecule has 2 aromatic carbocycles. The Morgan fingerprint density at radius 1 is 1.11 bits per heavy atom. The van der Waals surface area contributed by atoms with Crippen molar-refractivity contribution in [3.05, 3.63) is 97.4 Å². The number of benzene rings is 2. The van der Waals surface area contributed by atoms with Crippen molar-refractivity contribution in [2.24, 2.45) is 4.99 Å². The predicted octanol–water partition coefficient (Wildman–Crippen LogP) is 5.77. The van der Waals surface area contributed by atoms with Crippen LogP contribution in [0.1, 0.15) is 18.4 Å². The summed E-state index contributed by atoms with van der Waals surface area (Å²) in [6.45, 7) is 5.80. The van der Waals surface area contributed by atoms with E-state index in [1.165, 1.54) is 0 Å². The van der Waals surface area contributed by atoms with E-state index in [9.17, 15) is 9.90 Å². The number of rotatable bonds is 9. The molecule has 2 aromatic heterocycles. The molecule has 180 valence electrons. The van der Waals surface area contributed by atoms with Gasteiger partial charge in [0.25, 0.3) is 0 Å². The van der Waals surface area contributed by atoms with E-state index in [0.717, 1.165) is 27.7 Å². The molecule has 0 amide bonds. The third-order valence-electron chi connectivity index (χ3n) is 5.85. The Bertz CT molecular complexity index is 1460. The number of carbonyl (C=O) groups is 1. The molecule has 7 heteroatoms. The van der Waals surface area contributed by atoms with Gasteiger partial charge in [0.1, 0.15) is 5.82 Å². The largest absolute Gasteiger partial charge is 0.481 e. The van der Waals surface area contributed by atoms with Crippen molar-refractivity contribution >= 4 is 28.4 Å². The highest BCUT2D eigenvalue weighted by Gasteiger charge is 2.18. The molecule has 0 spiro atoms. The first kappa shape index (κ1) is 24.5. The summed E-state index contributed by atoms with van der Waals surface area (Å²) in [6, 6.07) is 17.8. The average Bonchev–Trinajstić information content (AvgIpc) is 2.92. The minimum Gasteiger partial charge on any atom is -0.481 e. The number of aromatic nitrogens is 3. The highest BCUT2D eigenvalue weighted by Crippen LogP contribution is 2.34. The van der Waals surface area contributed by atoms with Crippen molar-refractivity contribution in [2.75, 3.05) is 18.9 Å². The fourth-order valence-electron chi connectivity index (χ4n) is 3.82. The number of carboxylic acids is 1. The minimum absolute atomic E-state index is 0.448. The molecule has 0 aliphatic rings. The highest BCUT2D eigenvalue weighted by molar-refractivity contribution is 6.04. The Hall–Kier alpha value is -4.65. The summed E-state index contributed by atoms with van der Waals surface area (Å²) < 4.78 is 0. The lowest BCUT2D eigenvalue weighted by Gasteiger charge is -2.15. The summed E-state index contributed by atoms with van der Waals surface area (Å²) in [7, 11) is 1.74. The van der Waals surface area contributed by atoms with Gasteiger partial charge in [0, 0.05) is 25.0 Å². The molecule has 0 saturated heterocycles. The van der Waals surface area contributed by atoms with Gasteiger partial charge >= 0.3 is 5.97 Å². The van der Waals surface area contributed by atoms with Crippen LogP contribution in [0.5, 0.6) is 0 Å². The Balaban J connectivity index is 1.87. The van der Waals surface area contributed by atoms with Crippen molar-refractivity contribution in [1.29, 1.82) is 0 Å². The fourth-order valence-corrected chi connectivity index (χ4v) is 3.82. The molecule has 2 N–H and O–H groups in total. The van der Waals surface area contributed by atoms with Crippen LogP contribution in [0.15, 0.2) is 96.8 Å². The first-order valence-electron chi connectivity index (χ1n) is 11.5. The SMILES string of the molecule is C=C/C=C\C(CNc1nc(-c2cncc(C(C)C(=O)O)c2)nc2cccc(-c3ccccc3)c12)=N/C. The van der Waals surface area contributed by atoms with Crippen LogP contribution in [0.25, 0.3) is 33.4 Å². The molecular formula is C29H27N5O2. The Labute approximate surface area is 210 Å². The van der Waals surface area contributed by atoms with Crippen LogP contribution in [0.2, 0.25) is 0 Å². The van der Waals surface area contributed by atoms with Gasteiger partial charge in [-0.05, 0) is 41.8 Å². The second-order valence-electron chi connectivity index (χ2n) is 8.19. The molecule has 1 unspecified atom stereocenters. The number of nitrogens with one attached hydrogen (secondary N) is 1. The number of hydrogen-bond donors (Lipinski definition) is 2. The predicted molar refractivity (Wildman–Crippen MR) is 145 cm³/mol. The van der Waals surface area contributed by atoms with Crippen molar-refractivity contribution in [2.45, 2.75) is 12.8 Å². The second kappa shape index (κ2) is 11.2. The van der Waals surface area contributed by atoms with Gasteiger partial charge in [-0.25, -0.2) is 9.97 Å². The van der Waals surface area contributed by atoms with E-state index in [0.29, 0.717) is 29.3 Å². The molecule has 0 aliphatic heterocycles. The molecule has 0 saturated carbocycles. The number of pyridine rings is 1. The summed E-state index contributed by atoms with van der Waals surface area (Å²) in [5, 5.41) is 13.8. The van der Waals surface area contributed by atoms with E-state index < -0.39 is 11.9 Å². The van der Waals surface area contributed by atoms with Crippen molar-refractivity contribution in [3.63, 3.8) is 0 Å². The minimum atomic E-state index is -0.915. The molecule has 36 heavy (non-hydrogen) atoms. The number of fused-ring (bicyclic) bond motifs is 1. The monoisotopic (exact) mass is 477 g/mol. The Kier molecular flexibility index (Phi) is 7.60. The lowest BCUT2D eigenvalue weighted by atomic mass is 10.00. The van der Waals surface area contributed by atoms with Crippen LogP contribution >= 0.6 is 0 Å². The van der Waals surface area contributed by atoms with Crippen molar-refractivity contribution < 1.29 is 9.90 Å². The fraction of sp³-hybridized carbons (Fsp3) is 0.138. The van der Waals surface area contributed by atoms with Gasteiger partial charge in [0.05, 0.1) is 29.1 Å². The molecule has 0 aliphatic carbocycles. The number of allylic oxidation sites excluding steroid dienone is 2. The van der Waals surface area contributed by atoms with Gasteiger partial charge in [-0.3, -0.25) is 14.8 Å². The average molecular weight is 478 g/mol. The van der Waals surface area contributed by atoms with Gasteiger partial charge in [-0.15, -0.1) is 0 Å². The lowest BCUT2D eigenvalue weighted by Crippen LogP contribution is -2.14. The maximum absolute atomic E-state index is 11.5. The van der Waals surface area contributed by atoms with Crippen LogP contribution in [0.4, 0.5) is 5.82 Å². The number of aliphatic carboxylic acids is 1. The van der Waals surface area contributed by atoms with Crippen LogP contribution in [-0.4, -0.2) is 45.3 Å². The molecule has 4 aromatic rings. The van der Waals surface area contributed by atoms with Gasteiger partial charge in [-0.1, -0.05) is 61.2 Å². The van der Waals surface area contributed by atoms with Crippen molar-refractivity contribution in [1.82, 2.24) is 15.0 Å². The Morgan fingerprint density at radius 3 is 2.64 bits per heavy atom. The third kappa shape index (κ3) is 5.36. The lowest BCUT2D eigenvalue weighted by molar-refractivity contribution is -0.138. The summed E-state index contributed by atoms with van der Waals surface area (Å²) in [4.78, 5) is 29.8. The first-order valence-corrected chi connectivity index (χ1v) is 11.5. The Morgan fingerprint density at radius 2 is 1.92 bits per heavy atom. The number of aliphatic imine (C=N–C) groups is 1. The third-order valence-corrected chi connectivity index (χ3v) is 5.85. The highest BCUT2D eigenvalue weighted by atomic mass is 16.4. The molecule has 7 nitrogen and oxygen atoms in total. The van der Waals surface area contributed by atoms with Crippen molar-refractivity contribution in [3.8, 4) is 22.5 Å². The summed E-state index contributed by atoms with van der Waals surface area (Å²) >= 11 is 0. The molecule has 4 rings (SSSR count). The zero-order valence-corrected chi connectivity index (χ0v) is 20.2. The summed E-state index contributed by atoms with van der Waals surface area (Å²) in [5.74, 6) is -0.500.